The van der Waals surface area contributed by atoms with Gasteiger partial charge >= 0.3 is 6.09 Å². The third-order valence-corrected chi connectivity index (χ3v) is 3.06. The molecule has 6 nitrogen and oxygen atoms in total. The number of nitrogens with zero attached hydrogens (tertiary/aromatic N) is 1. The van der Waals surface area contributed by atoms with Gasteiger partial charge in [0.25, 0.3) is 5.69 Å². The van der Waals surface area contributed by atoms with Gasteiger partial charge in [0, 0.05) is 12.1 Å². The first kappa shape index (κ1) is 12.7. The molecule has 0 atom stereocenters. The first-order valence-corrected chi connectivity index (χ1v) is 5.78. The van der Waals surface area contributed by atoms with E-state index in [0.717, 1.165) is 12.8 Å². The van der Waals surface area contributed by atoms with Gasteiger partial charge in [-0.3, -0.25) is 10.1 Å². The quantitative estimate of drug-likeness (QED) is 0.671. The molecule has 0 unspecified atom stereocenters. The number of carbonyl (C=O) groups excluding carboxylic acids is 1. The van der Waals surface area contributed by atoms with E-state index in [1.807, 2.05) is 0 Å². The molecule has 18 heavy (non-hydrogen) atoms. The Bertz CT molecular complexity index is 470. The molecule has 1 N–H and O–H groups in total. The summed E-state index contributed by atoms with van der Waals surface area (Å²) in [7, 11) is 0. The molecule has 1 fully saturated rings. The van der Waals surface area contributed by atoms with E-state index in [1.165, 1.54) is 12.1 Å². The van der Waals surface area contributed by atoms with Crippen molar-refractivity contribution in [2.75, 3.05) is 0 Å². The minimum absolute atomic E-state index is 0.00527. The highest BCUT2D eigenvalue weighted by Crippen LogP contribution is 2.38. The number of benzene rings is 1. The van der Waals surface area contributed by atoms with Crippen molar-refractivity contribution in [3.05, 3.63) is 39.9 Å². The molecule has 7 heteroatoms. The molecule has 1 aromatic carbocycles. The third-order valence-electron chi connectivity index (χ3n) is 2.55. The van der Waals surface area contributed by atoms with Crippen LogP contribution in [0, 0.1) is 10.1 Å². The molecule has 0 heterocycles. The van der Waals surface area contributed by atoms with Crippen LogP contribution in [0.15, 0.2) is 24.3 Å². The SMILES string of the molecule is O=C(NC1([S])CC1)OCc1ccc([N+](=O)[O-])cc1. The van der Waals surface area contributed by atoms with Gasteiger partial charge in [-0.15, -0.1) is 0 Å². The van der Waals surface area contributed by atoms with Crippen LogP contribution in [0.2, 0.25) is 0 Å². The van der Waals surface area contributed by atoms with Gasteiger partial charge in [0.15, 0.2) is 0 Å². The van der Waals surface area contributed by atoms with Crippen LogP contribution < -0.4 is 5.32 Å². The zero-order valence-electron chi connectivity index (χ0n) is 9.42. The number of nitro benzene ring substituents is 1. The maximum atomic E-state index is 11.3. The molecule has 0 bridgehead atoms. The van der Waals surface area contributed by atoms with Crippen molar-refractivity contribution in [1.29, 1.82) is 0 Å². The molecule has 1 saturated carbocycles. The van der Waals surface area contributed by atoms with E-state index < -0.39 is 15.9 Å². The lowest BCUT2D eigenvalue weighted by molar-refractivity contribution is -0.384. The molecular weight excluding hydrogens is 256 g/mol. The van der Waals surface area contributed by atoms with Crippen molar-refractivity contribution < 1.29 is 14.5 Å². The zero-order chi connectivity index (χ0) is 13.2. The second-order valence-corrected chi connectivity index (χ2v) is 4.90. The minimum atomic E-state index is -0.555. The maximum absolute atomic E-state index is 11.3. The number of carbonyl (C=O) groups is 1. The van der Waals surface area contributed by atoms with Crippen LogP contribution in [0.5, 0.6) is 0 Å². The van der Waals surface area contributed by atoms with Crippen LogP contribution in [0.25, 0.3) is 0 Å². The van der Waals surface area contributed by atoms with Crippen LogP contribution in [0.4, 0.5) is 10.5 Å². The minimum Gasteiger partial charge on any atom is -0.445 e. The second kappa shape index (κ2) is 4.85. The number of rotatable bonds is 4. The summed E-state index contributed by atoms with van der Waals surface area (Å²) in [6, 6.07) is 5.83. The van der Waals surface area contributed by atoms with Crippen LogP contribution in [-0.4, -0.2) is 15.9 Å². The maximum Gasteiger partial charge on any atom is 0.408 e. The summed E-state index contributed by atoms with van der Waals surface area (Å²) >= 11 is 5.06. The average molecular weight is 267 g/mol. The summed E-state index contributed by atoms with van der Waals surface area (Å²) < 4.78 is 4.96. The molecule has 2 rings (SSSR count). The van der Waals surface area contributed by atoms with Gasteiger partial charge in [-0.05, 0) is 30.5 Å². The van der Waals surface area contributed by atoms with Crippen LogP contribution >= 0.6 is 12.6 Å². The monoisotopic (exact) mass is 267 g/mol. The predicted molar refractivity (Wildman–Crippen MR) is 66.0 cm³/mol. The number of nitrogens with one attached hydrogen (secondary N) is 1. The molecule has 1 radical (unpaired) electrons. The second-order valence-electron chi connectivity index (χ2n) is 4.12. The normalized spacial score (nSPS) is 15.8. The number of hydrogen-bond acceptors (Lipinski definition) is 4. The van der Waals surface area contributed by atoms with Crippen molar-refractivity contribution in [3.8, 4) is 0 Å². The Morgan fingerprint density at radius 1 is 1.44 bits per heavy atom. The van der Waals surface area contributed by atoms with Crippen LogP contribution in [0.3, 0.4) is 0 Å². The van der Waals surface area contributed by atoms with E-state index in [-0.39, 0.29) is 12.3 Å². The highest BCUT2D eigenvalue weighted by molar-refractivity contribution is 7.82. The van der Waals surface area contributed by atoms with E-state index in [0.29, 0.717) is 5.56 Å². The standard InChI is InChI=1S/C11H11N2O4S/c14-10(12-11(18)5-6-11)17-7-8-1-3-9(4-2-8)13(15)16/h1-4H,5-7H2,(H,12,14). The topological polar surface area (TPSA) is 81.5 Å². The Morgan fingerprint density at radius 3 is 2.56 bits per heavy atom. The lowest BCUT2D eigenvalue weighted by Gasteiger charge is -2.10. The summed E-state index contributed by atoms with van der Waals surface area (Å²) in [5, 5.41) is 13.0. The largest absolute Gasteiger partial charge is 0.445 e. The van der Waals surface area contributed by atoms with Crippen LogP contribution in [0.1, 0.15) is 18.4 Å². The number of nitro groups is 1. The molecule has 95 valence electrons. The fourth-order valence-corrected chi connectivity index (χ4v) is 1.51. The van der Waals surface area contributed by atoms with Crippen molar-refractivity contribution in [1.82, 2.24) is 5.32 Å². The highest BCUT2D eigenvalue weighted by Gasteiger charge is 2.41. The summed E-state index contributed by atoms with van der Waals surface area (Å²) in [5.41, 5.74) is 0.690. The molecule has 0 aliphatic heterocycles. The summed E-state index contributed by atoms with van der Waals surface area (Å²) in [4.78, 5) is 20.8. The van der Waals surface area contributed by atoms with Crippen LogP contribution in [-0.2, 0) is 11.3 Å². The van der Waals surface area contributed by atoms with Crippen molar-refractivity contribution in [3.63, 3.8) is 0 Å². The molecule has 0 aromatic heterocycles. The lowest BCUT2D eigenvalue weighted by Crippen LogP contribution is -2.32. The first-order chi connectivity index (χ1) is 8.48. The lowest BCUT2D eigenvalue weighted by atomic mass is 10.2. The number of hydrogen-bond donors (Lipinski definition) is 1. The Hall–Kier alpha value is -1.76. The third kappa shape index (κ3) is 3.36. The Balaban J connectivity index is 1.82. The molecule has 1 aromatic rings. The molecule has 1 amide bonds. The Labute approximate surface area is 109 Å². The van der Waals surface area contributed by atoms with Crippen molar-refractivity contribution in [2.24, 2.45) is 0 Å². The fraction of sp³-hybridized carbons (Fsp3) is 0.364. The van der Waals surface area contributed by atoms with Gasteiger partial charge in [-0.1, -0.05) is 12.6 Å². The number of ether oxygens (including phenoxy) is 1. The predicted octanol–water partition coefficient (Wildman–Crippen LogP) is 2.51. The number of amides is 1. The number of alkyl carbamates (subject to hydrolysis) is 1. The van der Waals surface area contributed by atoms with Gasteiger partial charge in [-0.2, -0.15) is 0 Å². The van der Waals surface area contributed by atoms with E-state index in [4.69, 9.17) is 17.4 Å². The van der Waals surface area contributed by atoms with Gasteiger partial charge in [0.1, 0.15) is 6.61 Å². The van der Waals surface area contributed by atoms with Gasteiger partial charge in [0.05, 0.1) is 9.79 Å². The highest BCUT2D eigenvalue weighted by atomic mass is 32.1. The Morgan fingerprint density at radius 2 is 2.06 bits per heavy atom. The van der Waals surface area contributed by atoms with Gasteiger partial charge < -0.3 is 10.1 Å². The van der Waals surface area contributed by atoms with E-state index in [9.17, 15) is 14.9 Å². The summed E-state index contributed by atoms with van der Waals surface area (Å²) in [5.74, 6) is 0. The fourth-order valence-electron chi connectivity index (χ4n) is 1.32. The average Bonchev–Trinajstić information content (AvgIpc) is 3.04. The van der Waals surface area contributed by atoms with Crippen molar-refractivity contribution >= 4 is 24.4 Å². The van der Waals surface area contributed by atoms with Crippen molar-refractivity contribution in [2.45, 2.75) is 24.3 Å². The summed E-state index contributed by atoms with van der Waals surface area (Å²) in [6.45, 7) is 0.0647. The summed E-state index contributed by atoms with van der Waals surface area (Å²) in [6.07, 6.45) is 1.02. The first-order valence-electron chi connectivity index (χ1n) is 5.37. The molecule has 1 aliphatic carbocycles. The van der Waals surface area contributed by atoms with E-state index in [2.05, 4.69) is 5.32 Å². The van der Waals surface area contributed by atoms with E-state index in [1.54, 1.807) is 12.1 Å². The van der Waals surface area contributed by atoms with E-state index >= 15 is 0 Å². The van der Waals surface area contributed by atoms with Gasteiger partial charge in [0.2, 0.25) is 0 Å². The molecular formula is C11H11N2O4S. The molecule has 1 aliphatic rings. The molecule has 0 saturated heterocycles. The number of non-ortho nitro benzene ring substituents is 1. The smallest absolute Gasteiger partial charge is 0.408 e. The molecule has 0 spiro atoms. The zero-order valence-corrected chi connectivity index (χ0v) is 10.2. The Kier molecular flexibility index (Phi) is 3.42. The van der Waals surface area contributed by atoms with Gasteiger partial charge in [-0.25, -0.2) is 4.79 Å².